The molecule has 0 radical (unpaired) electrons. The molecule has 0 spiro atoms. The van der Waals surface area contributed by atoms with Gasteiger partial charge in [-0.25, -0.2) is 4.98 Å². The molecule has 2 heterocycles. The van der Waals surface area contributed by atoms with Gasteiger partial charge in [-0.2, -0.15) is 0 Å². The number of likely N-dealkylation sites (tertiary alicyclic amines) is 1. The normalized spacial score (nSPS) is 24.0. The lowest BCUT2D eigenvalue weighted by Gasteiger charge is -2.16. The van der Waals surface area contributed by atoms with E-state index < -0.39 is 0 Å². The van der Waals surface area contributed by atoms with Gasteiger partial charge in [0.1, 0.15) is 5.01 Å². The molecule has 1 aromatic heterocycles. The number of rotatable bonds is 2. The summed E-state index contributed by atoms with van der Waals surface area (Å²) in [5, 5.41) is 3.31. The number of aromatic nitrogens is 1. The molecule has 13 heavy (non-hydrogen) atoms. The van der Waals surface area contributed by atoms with E-state index in [1.165, 1.54) is 24.4 Å². The minimum Gasteiger partial charge on any atom is -0.325 e. The predicted octanol–water partition coefficient (Wildman–Crippen LogP) is 1.37. The Hall–Kier alpha value is -0.450. The summed E-state index contributed by atoms with van der Waals surface area (Å²) in [5.41, 5.74) is 6.56. The summed E-state index contributed by atoms with van der Waals surface area (Å²) in [6, 6.07) is 0.547. The van der Waals surface area contributed by atoms with E-state index in [1.54, 1.807) is 11.3 Å². The fourth-order valence-electron chi connectivity index (χ4n) is 1.79. The molecule has 1 unspecified atom stereocenters. The fourth-order valence-corrected chi connectivity index (χ4v) is 2.82. The van der Waals surface area contributed by atoms with Gasteiger partial charge in [0.05, 0.1) is 11.7 Å². The number of nitrogens with two attached hydrogens (primary N) is 1. The summed E-state index contributed by atoms with van der Waals surface area (Å²) in [6.45, 7) is 1.76. The molecule has 72 valence electrons. The van der Waals surface area contributed by atoms with Crippen molar-refractivity contribution in [3.05, 3.63) is 16.1 Å². The average molecular weight is 197 g/mol. The molecule has 2 N–H and O–H groups in total. The Morgan fingerprint density at radius 2 is 2.62 bits per heavy atom. The zero-order valence-electron chi connectivity index (χ0n) is 7.86. The smallest absolute Gasteiger partial charge is 0.110 e. The van der Waals surface area contributed by atoms with E-state index in [-0.39, 0.29) is 0 Å². The van der Waals surface area contributed by atoms with E-state index in [0.717, 1.165) is 5.69 Å². The zero-order chi connectivity index (χ0) is 9.26. The Morgan fingerprint density at radius 1 is 1.77 bits per heavy atom. The molecule has 1 atom stereocenters. The van der Waals surface area contributed by atoms with Gasteiger partial charge >= 0.3 is 0 Å². The van der Waals surface area contributed by atoms with Gasteiger partial charge in [0.2, 0.25) is 0 Å². The zero-order valence-corrected chi connectivity index (χ0v) is 8.68. The van der Waals surface area contributed by atoms with E-state index in [1.807, 2.05) is 0 Å². The predicted molar refractivity (Wildman–Crippen MR) is 54.6 cm³/mol. The maximum Gasteiger partial charge on any atom is 0.110 e. The van der Waals surface area contributed by atoms with Crippen molar-refractivity contribution in [2.45, 2.75) is 25.4 Å². The molecular formula is C9H15N3S. The van der Waals surface area contributed by atoms with Crippen molar-refractivity contribution in [2.24, 2.45) is 5.73 Å². The van der Waals surface area contributed by atoms with Gasteiger partial charge in [-0.1, -0.05) is 0 Å². The highest BCUT2D eigenvalue weighted by atomic mass is 32.1. The van der Waals surface area contributed by atoms with E-state index >= 15 is 0 Å². The first kappa shape index (κ1) is 9.12. The van der Waals surface area contributed by atoms with E-state index in [0.29, 0.717) is 12.6 Å². The van der Waals surface area contributed by atoms with Crippen LogP contribution in [0.4, 0.5) is 0 Å². The summed E-state index contributed by atoms with van der Waals surface area (Å²) >= 11 is 1.74. The molecule has 4 heteroatoms. The highest BCUT2D eigenvalue weighted by molar-refractivity contribution is 7.09. The lowest BCUT2D eigenvalue weighted by Crippen LogP contribution is -2.17. The fraction of sp³-hybridized carbons (Fsp3) is 0.667. The molecule has 0 amide bonds. The molecule has 1 aliphatic rings. The van der Waals surface area contributed by atoms with Gasteiger partial charge in [0, 0.05) is 11.9 Å². The van der Waals surface area contributed by atoms with Gasteiger partial charge in [0.25, 0.3) is 0 Å². The second-order valence-electron chi connectivity index (χ2n) is 3.52. The Bertz CT molecular complexity index is 284. The van der Waals surface area contributed by atoms with Crippen LogP contribution in [0.3, 0.4) is 0 Å². The van der Waals surface area contributed by atoms with Crippen molar-refractivity contribution >= 4 is 11.3 Å². The Kier molecular flexibility index (Phi) is 2.62. The van der Waals surface area contributed by atoms with Crippen molar-refractivity contribution in [1.29, 1.82) is 0 Å². The van der Waals surface area contributed by atoms with E-state index in [9.17, 15) is 0 Å². The third-order valence-electron chi connectivity index (χ3n) is 2.58. The lowest BCUT2D eigenvalue weighted by atomic mass is 10.2. The summed E-state index contributed by atoms with van der Waals surface area (Å²) in [5.74, 6) is 0. The first-order chi connectivity index (χ1) is 6.31. The monoisotopic (exact) mass is 197 g/mol. The van der Waals surface area contributed by atoms with Crippen LogP contribution >= 0.6 is 11.3 Å². The van der Waals surface area contributed by atoms with Gasteiger partial charge in [-0.3, -0.25) is 4.90 Å². The quantitative estimate of drug-likeness (QED) is 0.778. The van der Waals surface area contributed by atoms with Crippen molar-refractivity contribution in [3.8, 4) is 0 Å². The van der Waals surface area contributed by atoms with Crippen LogP contribution < -0.4 is 5.73 Å². The standard InChI is InChI=1S/C9H15N3S/c1-12-4-2-3-8(12)9-11-7(5-10)6-13-9/h6,8H,2-5,10H2,1H3. The second kappa shape index (κ2) is 3.74. The maximum atomic E-state index is 5.53. The molecular weight excluding hydrogens is 182 g/mol. The number of hydrogen-bond donors (Lipinski definition) is 1. The first-order valence-electron chi connectivity index (χ1n) is 4.66. The van der Waals surface area contributed by atoms with Crippen LogP contribution in [-0.4, -0.2) is 23.5 Å². The molecule has 0 saturated carbocycles. The maximum absolute atomic E-state index is 5.53. The molecule has 3 nitrogen and oxygen atoms in total. The molecule has 1 fully saturated rings. The van der Waals surface area contributed by atoms with Crippen LogP contribution in [-0.2, 0) is 6.54 Å². The van der Waals surface area contributed by atoms with Crippen molar-refractivity contribution in [2.75, 3.05) is 13.6 Å². The van der Waals surface area contributed by atoms with E-state index in [4.69, 9.17) is 5.73 Å². The van der Waals surface area contributed by atoms with Gasteiger partial charge in [-0.05, 0) is 26.4 Å². The highest BCUT2D eigenvalue weighted by Crippen LogP contribution is 2.31. The summed E-state index contributed by atoms with van der Waals surface area (Å²) in [6.07, 6.45) is 2.53. The molecule has 1 aromatic rings. The second-order valence-corrected chi connectivity index (χ2v) is 4.41. The minimum atomic E-state index is 0.547. The molecule has 1 aliphatic heterocycles. The van der Waals surface area contributed by atoms with Crippen LogP contribution in [0.1, 0.15) is 29.6 Å². The summed E-state index contributed by atoms with van der Waals surface area (Å²) in [4.78, 5) is 6.89. The molecule has 0 bridgehead atoms. The average Bonchev–Trinajstić information content (AvgIpc) is 2.71. The van der Waals surface area contributed by atoms with Crippen LogP contribution in [0.25, 0.3) is 0 Å². The van der Waals surface area contributed by atoms with Gasteiger partial charge in [-0.15, -0.1) is 11.3 Å². The number of thiazole rings is 1. The molecule has 2 rings (SSSR count). The van der Waals surface area contributed by atoms with Crippen LogP contribution in [0.5, 0.6) is 0 Å². The molecule has 1 saturated heterocycles. The topological polar surface area (TPSA) is 42.2 Å². The molecule has 0 aliphatic carbocycles. The van der Waals surface area contributed by atoms with Crippen LogP contribution in [0.15, 0.2) is 5.38 Å². The highest BCUT2D eigenvalue weighted by Gasteiger charge is 2.24. The first-order valence-corrected chi connectivity index (χ1v) is 5.54. The lowest BCUT2D eigenvalue weighted by molar-refractivity contribution is 0.316. The Labute approximate surface area is 82.6 Å². The van der Waals surface area contributed by atoms with Crippen molar-refractivity contribution in [3.63, 3.8) is 0 Å². The number of hydrogen-bond acceptors (Lipinski definition) is 4. The largest absolute Gasteiger partial charge is 0.325 e. The third-order valence-corrected chi connectivity index (χ3v) is 3.58. The van der Waals surface area contributed by atoms with Gasteiger partial charge in [0.15, 0.2) is 0 Å². The van der Waals surface area contributed by atoms with Crippen molar-refractivity contribution < 1.29 is 0 Å². The molecule has 0 aromatic carbocycles. The third kappa shape index (κ3) is 1.75. The summed E-state index contributed by atoms with van der Waals surface area (Å²) < 4.78 is 0. The SMILES string of the molecule is CN1CCCC1c1nc(CN)cs1. The number of nitrogens with zero attached hydrogens (tertiary/aromatic N) is 2. The summed E-state index contributed by atoms with van der Waals surface area (Å²) in [7, 11) is 2.17. The van der Waals surface area contributed by atoms with Crippen LogP contribution in [0.2, 0.25) is 0 Å². The van der Waals surface area contributed by atoms with E-state index in [2.05, 4.69) is 22.3 Å². The van der Waals surface area contributed by atoms with Crippen LogP contribution in [0, 0.1) is 0 Å². The van der Waals surface area contributed by atoms with Crippen molar-refractivity contribution in [1.82, 2.24) is 9.88 Å². The van der Waals surface area contributed by atoms with Gasteiger partial charge < -0.3 is 5.73 Å². The minimum absolute atomic E-state index is 0.547. The Morgan fingerprint density at radius 3 is 3.15 bits per heavy atom. The Balaban J connectivity index is 2.15.